The van der Waals surface area contributed by atoms with Crippen LogP contribution in [-0.2, 0) is 4.74 Å². The van der Waals surface area contributed by atoms with E-state index in [-0.39, 0.29) is 12.1 Å². The van der Waals surface area contributed by atoms with Crippen LogP contribution in [0.5, 0.6) is 0 Å². The molecule has 1 aliphatic heterocycles. The van der Waals surface area contributed by atoms with Gasteiger partial charge in [-0.1, -0.05) is 6.92 Å². The summed E-state index contributed by atoms with van der Waals surface area (Å²) in [7, 11) is 0. The first-order valence-corrected chi connectivity index (χ1v) is 7.81. The highest BCUT2D eigenvalue weighted by Crippen LogP contribution is 2.21. The van der Waals surface area contributed by atoms with Crippen LogP contribution >= 0.6 is 23.5 Å². The Kier molecular flexibility index (Phi) is 4.74. The normalized spacial score (nSPS) is 19.2. The topological polar surface area (TPSA) is 39.2 Å². The van der Waals surface area contributed by atoms with E-state index in [0.29, 0.717) is 5.56 Å². The molecule has 0 aliphatic carbocycles. The van der Waals surface area contributed by atoms with Gasteiger partial charge in [-0.05, 0) is 30.1 Å². The molecule has 1 atom stereocenters. The molecule has 0 aromatic carbocycles. The van der Waals surface area contributed by atoms with Gasteiger partial charge in [-0.25, -0.2) is 9.78 Å². The zero-order valence-corrected chi connectivity index (χ0v) is 11.4. The molecule has 5 heteroatoms. The summed E-state index contributed by atoms with van der Waals surface area (Å²) < 4.78 is 5.39. The molecular weight excluding hydrogens is 254 g/mol. The van der Waals surface area contributed by atoms with E-state index in [0.717, 1.165) is 28.7 Å². The van der Waals surface area contributed by atoms with Crippen molar-refractivity contribution in [2.75, 3.05) is 17.3 Å². The molecule has 1 aromatic rings. The van der Waals surface area contributed by atoms with Crippen molar-refractivity contribution in [1.29, 1.82) is 0 Å². The molecular formula is C12H15NO2S2. The van der Waals surface area contributed by atoms with E-state index in [1.54, 1.807) is 24.0 Å². The number of rotatable bonds is 4. The summed E-state index contributed by atoms with van der Waals surface area (Å²) >= 11 is 3.49. The van der Waals surface area contributed by atoms with E-state index in [1.807, 2.05) is 17.8 Å². The number of aromatic nitrogens is 1. The van der Waals surface area contributed by atoms with Crippen molar-refractivity contribution in [3.8, 4) is 0 Å². The Morgan fingerprint density at radius 1 is 1.65 bits per heavy atom. The molecule has 1 saturated heterocycles. The second kappa shape index (κ2) is 6.31. The first-order chi connectivity index (χ1) is 8.29. The van der Waals surface area contributed by atoms with Crippen LogP contribution in [0.3, 0.4) is 0 Å². The Hall–Kier alpha value is -0.680. The van der Waals surface area contributed by atoms with Crippen LogP contribution in [0.1, 0.15) is 23.7 Å². The van der Waals surface area contributed by atoms with Crippen molar-refractivity contribution >= 4 is 29.5 Å². The molecule has 0 radical (unpaired) electrons. The van der Waals surface area contributed by atoms with E-state index >= 15 is 0 Å². The van der Waals surface area contributed by atoms with Crippen molar-refractivity contribution < 1.29 is 9.53 Å². The average molecular weight is 269 g/mol. The fourth-order valence-electron chi connectivity index (χ4n) is 1.56. The maximum atomic E-state index is 11.8. The summed E-state index contributed by atoms with van der Waals surface area (Å²) in [6, 6.07) is 3.66. The molecule has 1 fully saturated rings. The molecule has 0 unspecified atom stereocenters. The predicted molar refractivity (Wildman–Crippen MR) is 71.8 cm³/mol. The van der Waals surface area contributed by atoms with Crippen LogP contribution in [0, 0.1) is 0 Å². The maximum absolute atomic E-state index is 11.8. The molecule has 3 nitrogen and oxygen atoms in total. The Bertz CT molecular complexity index is 375. The number of thioether (sulfide) groups is 2. The van der Waals surface area contributed by atoms with Gasteiger partial charge in [0.15, 0.2) is 0 Å². The number of carbonyl (C=O) groups is 1. The Morgan fingerprint density at radius 3 is 3.12 bits per heavy atom. The van der Waals surface area contributed by atoms with E-state index in [4.69, 9.17) is 4.74 Å². The van der Waals surface area contributed by atoms with E-state index < -0.39 is 0 Å². The van der Waals surface area contributed by atoms with Crippen molar-refractivity contribution in [3.63, 3.8) is 0 Å². The molecule has 2 heterocycles. The summed E-state index contributed by atoms with van der Waals surface area (Å²) in [5.41, 5.74) is 0.544. The van der Waals surface area contributed by atoms with Crippen molar-refractivity contribution in [1.82, 2.24) is 4.98 Å². The minimum absolute atomic E-state index is 0.0807. The van der Waals surface area contributed by atoms with Gasteiger partial charge in [-0.2, -0.15) is 11.8 Å². The molecule has 92 valence electrons. The lowest BCUT2D eigenvalue weighted by atomic mass is 10.3. The first-order valence-electron chi connectivity index (χ1n) is 5.67. The van der Waals surface area contributed by atoms with Gasteiger partial charge in [0, 0.05) is 11.9 Å². The van der Waals surface area contributed by atoms with Gasteiger partial charge < -0.3 is 4.74 Å². The number of pyridine rings is 1. The lowest BCUT2D eigenvalue weighted by Crippen LogP contribution is -2.17. The largest absolute Gasteiger partial charge is 0.458 e. The number of carbonyl (C=O) groups excluding carboxylic acids is 1. The summed E-state index contributed by atoms with van der Waals surface area (Å²) in [4.78, 5) is 16.0. The molecule has 0 N–H and O–H groups in total. The number of nitrogens with zero attached hydrogens (tertiary/aromatic N) is 1. The highest BCUT2D eigenvalue weighted by Gasteiger charge is 2.20. The Labute approximate surface area is 110 Å². The highest BCUT2D eigenvalue weighted by atomic mass is 32.2. The third-order valence-electron chi connectivity index (χ3n) is 2.43. The monoisotopic (exact) mass is 269 g/mol. The van der Waals surface area contributed by atoms with Crippen LogP contribution in [0.4, 0.5) is 0 Å². The van der Waals surface area contributed by atoms with Crippen molar-refractivity contribution in [2.24, 2.45) is 0 Å². The molecule has 0 amide bonds. The maximum Gasteiger partial charge on any atom is 0.340 e. The van der Waals surface area contributed by atoms with Gasteiger partial charge in [-0.15, -0.1) is 11.8 Å². The second-order valence-electron chi connectivity index (χ2n) is 3.71. The predicted octanol–water partition coefficient (Wildman–Crippen LogP) is 2.86. The van der Waals surface area contributed by atoms with Crippen LogP contribution in [0.15, 0.2) is 23.4 Å². The minimum Gasteiger partial charge on any atom is -0.458 e. The number of hydrogen-bond acceptors (Lipinski definition) is 5. The molecule has 2 rings (SSSR count). The molecule has 17 heavy (non-hydrogen) atoms. The molecule has 1 aromatic heterocycles. The lowest BCUT2D eigenvalue weighted by molar-refractivity contribution is 0.0356. The van der Waals surface area contributed by atoms with Crippen molar-refractivity contribution in [3.05, 3.63) is 23.9 Å². The quantitative estimate of drug-likeness (QED) is 0.621. The van der Waals surface area contributed by atoms with Gasteiger partial charge in [0.05, 0.1) is 10.6 Å². The summed E-state index contributed by atoms with van der Waals surface area (Å²) in [6.45, 7) is 2.08. The van der Waals surface area contributed by atoms with Crippen LogP contribution in [-0.4, -0.2) is 34.3 Å². The van der Waals surface area contributed by atoms with Crippen molar-refractivity contribution in [2.45, 2.75) is 24.5 Å². The highest BCUT2D eigenvalue weighted by molar-refractivity contribution is 7.99. The summed E-state index contributed by atoms with van der Waals surface area (Å²) in [5, 5.41) is 0.945. The fraction of sp³-hybridized carbons (Fsp3) is 0.500. The average Bonchev–Trinajstić information content (AvgIpc) is 2.83. The van der Waals surface area contributed by atoms with E-state index in [1.165, 1.54) is 0 Å². The zero-order valence-electron chi connectivity index (χ0n) is 9.72. The summed E-state index contributed by atoms with van der Waals surface area (Å²) in [5.74, 6) is 2.74. The van der Waals surface area contributed by atoms with Crippen LogP contribution < -0.4 is 0 Å². The lowest BCUT2D eigenvalue weighted by Gasteiger charge is -2.10. The molecule has 0 saturated carbocycles. The number of hydrogen-bond donors (Lipinski definition) is 0. The number of esters is 1. The zero-order chi connectivity index (χ0) is 12.1. The number of ether oxygens (including phenoxy) is 1. The smallest absolute Gasteiger partial charge is 0.340 e. The van der Waals surface area contributed by atoms with E-state index in [9.17, 15) is 4.79 Å². The second-order valence-corrected chi connectivity index (χ2v) is 6.14. The van der Waals surface area contributed by atoms with Gasteiger partial charge in [0.1, 0.15) is 6.10 Å². The molecule has 0 bridgehead atoms. The molecule has 0 spiro atoms. The molecule has 1 aliphatic rings. The van der Waals surface area contributed by atoms with Crippen LogP contribution in [0.25, 0.3) is 0 Å². The SMILES string of the molecule is CCSc1ccc(C(=O)O[C@@H]2CCSC2)cn1. The summed E-state index contributed by atoms with van der Waals surface area (Å²) in [6.07, 6.45) is 2.65. The Morgan fingerprint density at radius 2 is 2.53 bits per heavy atom. The van der Waals surface area contributed by atoms with Gasteiger partial charge in [0.25, 0.3) is 0 Å². The van der Waals surface area contributed by atoms with Gasteiger partial charge >= 0.3 is 5.97 Å². The third-order valence-corrected chi connectivity index (χ3v) is 4.38. The minimum atomic E-state index is -0.252. The Balaban J connectivity index is 1.93. The van der Waals surface area contributed by atoms with Crippen LogP contribution in [0.2, 0.25) is 0 Å². The van der Waals surface area contributed by atoms with Gasteiger partial charge in [0.2, 0.25) is 0 Å². The van der Waals surface area contributed by atoms with E-state index in [2.05, 4.69) is 11.9 Å². The fourth-order valence-corrected chi connectivity index (χ4v) is 3.24. The van der Waals surface area contributed by atoms with Gasteiger partial charge in [-0.3, -0.25) is 0 Å². The first kappa shape index (κ1) is 12.8. The third kappa shape index (κ3) is 3.64. The standard InChI is InChI=1S/C12H15NO2S2/c1-2-17-11-4-3-9(7-13-11)12(14)15-10-5-6-16-8-10/h3-4,7,10H,2,5-6,8H2,1H3/t10-/m1/s1.